The van der Waals surface area contributed by atoms with Crippen LogP contribution in [0.4, 0.5) is 0 Å². The number of hydrogen-bond acceptors (Lipinski definition) is 6. The van der Waals surface area contributed by atoms with Gasteiger partial charge in [-0.25, -0.2) is 9.20 Å². The third-order valence-electron chi connectivity index (χ3n) is 2.64. The number of hydrogen-bond donors (Lipinski definition) is 1. The Balaban J connectivity index is 2.02. The Morgan fingerprint density at radius 2 is 2.26 bits per heavy atom. The van der Waals surface area contributed by atoms with Crippen molar-refractivity contribution in [2.45, 2.75) is 13.0 Å². The molecule has 0 atom stereocenters. The van der Waals surface area contributed by atoms with Crippen LogP contribution in [0.25, 0.3) is 16.9 Å². The van der Waals surface area contributed by atoms with Gasteiger partial charge in [-0.15, -0.1) is 5.10 Å². The fourth-order valence-corrected chi connectivity index (χ4v) is 1.76. The third kappa shape index (κ3) is 2.01. The SMILES string of the molecule is O=C(O)CCn1nnnc1-c1cnn2ccncc12. The summed E-state index contributed by atoms with van der Waals surface area (Å²) in [5, 5.41) is 24.1. The van der Waals surface area contributed by atoms with Crippen LogP contribution in [0.15, 0.2) is 24.8 Å². The molecule has 0 spiro atoms. The smallest absolute Gasteiger partial charge is 0.305 e. The maximum absolute atomic E-state index is 10.6. The molecule has 19 heavy (non-hydrogen) atoms. The number of rotatable bonds is 4. The lowest BCUT2D eigenvalue weighted by Gasteiger charge is -2.01. The molecule has 3 heterocycles. The number of tetrazole rings is 1. The zero-order valence-corrected chi connectivity index (χ0v) is 9.71. The summed E-state index contributed by atoms with van der Waals surface area (Å²) < 4.78 is 3.09. The number of nitrogens with zero attached hydrogens (tertiary/aromatic N) is 7. The summed E-state index contributed by atoms with van der Waals surface area (Å²) in [6, 6.07) is 0. The van der Waals surface area contributed by atoms with Crippen LogP contribution in [0.1, 0.15) is 6.42 Å². The standard InChI is InChI=1S/C10H9N7O2/c18-9(19)1-3-17-10(13-14-15-17)7-5-12-16-4-2-11-6-8(7)16/h2,4-6H,1,3H2,(H,18,19). The minimum atomic E-state index is -0.900. The molecule has 0 aliphatic rings. The molecular formula is C10H9N7O2. The highest BCUT2D eigenvalue weighted by molar-refractivity contribution is 5.74. The lowest BCUT2D eigenvalue weighted by molar-refractivity contribution is -0.137. The average molecular weight is 259 g/mol. The number of fused-ring (bicyclic) bond motifs is 1. The van der Waals surface area contributed by atoms with Crippen LogP contribution in [0.3, 0.4) is 0 Å². The number of carboxylic acids is 1. The first-order valence-electron chi connectivity index (χ1n) is 5.51. The van der Waals surface area contributed by atoms with Crippen LogP contribution < -0.4 is 0 Å². The van der Waals surface area contributed by atoms with E-state index in [0.29, 0.717) is 11.4 Å². The first-order chi connectivity index (χ1) is 9.25. The molecule has 1 N–H and O–H groups in total. The molecule has 9 nitrogen and oxygen atoms in total. The Hall–Kier alpha value is -2.84. The van der Waals surface area contributed by atoms with Gasteiger partial charge in [-0.05, 0) is 10.4 Å². The van der Waals surface area contributed by atoms with E-state index in [1.807, 2.05) is 0 Å². The molecule has 3 aromatic heterocycles. The zero-order valence-electron chi connectivity index (χ0n) is 9.71. The van der Waals surface area contributed by atoms with Crippen molar-refractivity contribution in [1.82, 2.24) is 34.8 Å². The summed E-state index contributed by atoms with van der Waals surface area (Å²) in [4.78, 5) is 14.6. The summed E-state index contributed by atoms with van der Waals surface area (Å²) in [7, 11) is 0. The first kappa shape index (κ1) is 11.3. The predicted molar refractivity (Wildman–Crippen MR) is 62.1 cm³/mol. The molecule has 0 radical (unpaired) electrons. The molecule has 9 heteroatoms. The minimum absolute atomic E-state index is 0.0461. The largest absolute Gasteiger partial charge is 0.481 e. The Labute approximate surface area is 106 Å². The van der Waals surface area contributed by atoms with Crippen LogP contribution >= 0.6 is 0 Å². The molecule has 0 unspecified atom stereocenters. The molecule has 96 valence electrons. The quantitative estimate of drug-likeness (QED) is 0.693. The van der Waals surface area contributed by atoms with Gasteiger partial charge in [0.05, 0.1) is 36.4 Å². The van der Waals surface area contributed by atoms with E-state index in [1.54, 1.807) is 29.3 Å². The second kappa shape index (κ2) is 4.44. The van der Waals surface area contributed by atoms with Gasteiger partial charge < -0.3 is 5.11 Å². The molecule has 3 aromatic rings. The van der Waals surface area contributed by atoms with Crippen LogP contribution in [0, 0.1) is 0 Å². The summed E-state index contributed by atoms with van der Waals surface area (Å²) in [6.45, 7) is 0.204. The number of aromatic nitrogens is 7. The van der Waals surface area contributed by atoms with Crippen LogP contribution in [-0.2, 0) is 11.3 Å². The van der Waals surface area contributed by atoms with E-state index in [2.05, 4.69) is 25.6 Å². The van der Waals surface area contributed by atoms with Gasteiger partial charge >= 0.3 is 5.97 Å². The van der Waals surface area contributed by atoms with Crippen molar-refractivity contribution in [3.8, 4) is 11.4 Å². The monoisotopic (exact) mass is 259 g/mol. The van der Waals surface area contributed by atoms with Gasteiger partial charge in [0.2, 0.25) is 0 Å². The van der Waals surface area contributed by atoms with Crippen molar-refractivity contribution < 1.29 is 9.90 Å². The second-order valence-electron chi connectivity index (χ2n) is 3.83. The molecule has 3 rings (SSSR count). The summed E-state index contributed by atoms with van der Waals surface area (Å²) in [6.07, 6.45) is 6.56. The summed E-state index contributed by atoms with van der Waals surface area (Å²) >= 11 is 0. The Morgan fingerprint density at radius 1 is 1.37 bits per heavy atom. The van der Waals surface area contributed by atoms with Gasteiger partial charge in [-0.3, -0.25) is 9.78 Å². The molecule has 0 aromatic carbocycles. The molecule has 0 amide bonds. The highest BCUT2D eigenvalue weighted by Gasteiger charge is 2.14. The topological polar surface area (TPSA) is 111 Å². The van der Waals surface area contributed by atoms with Crippen LogP contribution in [-0.4, -0.2) is 45.9 Å². The van der Waals surface area contributed by atoms with Crippen LogP contribution in [0.2, 0.25) is 0 Å². The number of aliphatic carboxylic acids is 1. The fraction of sp³-hybridized carbons (Fsp3) is 0.200. The van der Waals surface area contributed by atoms with Gasteiger partial charge in [-0.1, -0.05) is 0 Å². The summed E-state index contributed by atoms with van der Waals surface area (Å²) in [5.41, 5.74) is 1.47. The van der Waals surface area contributed by atoms with E-state index < -0.39 is 5.97 Å². The Kier molecular flexibility index (Phi) is 2.63. The van der Waals surface area contributed by atoms with Gasteiger partial charge in [-0.2, -0.15) is 5.10 Å². The minimum Gasteiger partial charge on any atom is -0.481 e. The third-order valence-corrected chi connectivity index (χ3v) is 2.64. The van der Waals surface area contributed by atoms with Crippen molar-refractivity contribution >= 4 is 11.5 Å². The number of aryl methyl sites for hydroxylation is 1. The van der Waals surface area contributed by atoms with Crippen molar-refractivity contribution in [3.63, 3.8) is 0 Å². The molecule has 0 saturated carbocycles. The van der Waals surface area contributed by atoms with Gasteiger partial charge in [0.1, 0.15) is 0 Å². The molecule has 0 saturated heterocycles. The first-order valence-corrected chi connectivity index (χ1v) is 5.51. The summed E-state index contributed by atoms with van der Waals surface area (Å²) in [5.74, 6) is -0.424. The second-order valence-corrected chi connectivity index (χ2v) is 3.83. The highest BCUT2D eigenvalue weighted by Crippen LogP contribution is 2.20. The van der Waals surface area contributed by atoms with Gasteiger partial charge in [0.15, 0.2) is 5.82 Å². The predicted octanol–water partition coefficient (Wildman–Crippen LogP) is -0.143. The number of carboxylic acid groups (broad SMARTS) is 1. The van der Waals surface area contributed by atoms with E-state index in [4.69, 9.17) is 5.11 Å². The lowest BCUT2D eigenvalue weighted by Crippen LogP contribution is -2.07. The lowest BCUT2D eigenvalue weighted by atomic mass is 10.3. The molecular weight excluding hydrogens is 250 g/mol. The van der Waals surface area contributed by atoms with Gasteiger partial charge in [0.25, 0.3) is 0 Å². The molecule has 0 aliphatic heterocycles. The maximum Gasteiger partial charge on any atom is 0.305 e. The van der Waals surface area contributed by atoms with E-state index in [0.717, 1.165) is 5.52 Å². The maximum atomic E-state index is 10.6. The van der Waals surface area contributed by atoms with Crippen molar-refractivity contribution in [1.29, 1.82) is 0 Å². The zero-order chi connectivity index (χ0) is 13.2. The molecule has 0 bridgehead atoms. The van der Waals surface area contributed by atoms with E-state index in [-0.39, 0.29) is 13.0 Å². The Bertz CT molecular complexity index is 732. The van der Waals surface area contributed by atoms with E-state index in [9.17, 15) is 4.79 Å². The van der Waals surface area contributed by atoms with Crippen molar-refractivity contribution in [2.75, 3.05) is 0 Å². The van der Waals surface area contributed by atoms with Crippen molar-refractivity contribution in [2.24, 2.45) is 0 Å². The highest BCUT2D eigenvalue weighted by atomic mass is 16.4. The average Bonchev–Trinajstić information content (AvgIpc) is 3.02. The van der Waals surface area contributed by atoms with Crippen LogP contribution in [0.5, 0.6) is 0 Å². The van der Waals surface area contributed by atoms with Crippen molar-refractivity contribution in [3.05, 3.63) is 24.8 Å². The number of carbonyl (C=O) groups is 1. The fourth-order valence-electron chi connectivity index (χ4n) is 1.76. The Morgan fingerprint density at radius 3 is 3.11 bits per heavy atom. The van der Waals surface area contributed by atoms with E-state index >= 15 is 0 Å². The normalized spacial score (nSPS) is 10.9. The molecule has 0 fully saturated rings. The molecule has 0 aliphatic carbocycles. The van der Waals surface area contributed by atoms with Gasteiger partial charge in [0, 0.05) is 12.4 Å². The van der Waals surface area contributed by atoms with E-state index in [1.165, 1.54) is 4.68 Å².